The van der Waals surface area contributed by atoms with Crippen LogP contribution in [0.1, 0.15) is 18.9 Å². The maximum atomic E-state index is 5.65. The molecule has 0 saturated heterocycles. The van der Waals surface area contributed by atoms with Crippen molar-refractivity contribution in [3.63, 3.8) is 0 Å². The van der Waals surface area contributed by atoms with Gasteiger partial charge in [0.15, 0.2) is 0 Å². The molecular weight excluding hydrogens is 224 g/mol. The molecule has 0 spiro atoms. The summed E-state index contributed by atoms with van der Waals surface area (Å²) in [6, 6.07) is 10.2. The van der Waals surface area contributed by atoms with Crippen LogP contribution in [0.15, 0.2) is 42.7 Å². The maximum absolute atomic E-state index is 5.65. The zero-order chi connectivity index (χ0) is 12.8. The number of ether oxygens (including phenoxy) is 1. The van der Waals surface area contributed by atoms with Crippen molar-refractivity contribution in [1.82, 2.24) is 4.98 Å². The number of nitrogens with two attached hydrogens (primary N) is 1. The Morgan fingerprint density at radius 2 is 2.06 bits per heavy atom. The van der Waals surface area contributed by atoms with Crippen LogP contribution in [0.2, 0.25) is 0 Å². The van der Waals surface area contributed by atoms with Crippen molar-refractivity contribution < 1.29 is 4.74 Å². The average Bonchev–Trinajstić information content (AvgIpc) is 2.45. The van der Waals surface area contributed by atoms with Crippen LogP contribution in [0.3, 0.4) is 0 Å². The highest BCUT2D eigenvalue weighted by atomic mass is 16.5. The first-order valence-electron chi connectivity index (χ1n) is 6.20. The quantitative estimate of drug-likeness (QED) is 0.876. The number of benzene rings is 1. The third kappa shape index (κ3) is 3.08. The zero-order valence-electron chi connectivity index (χ0n) is 10.6. The third-order valence-corrected chi connectivity index (χ3v) is 2.68. The Morgan fingerprint density at radius 3 is 2.83 bits per heavy atom. The molecule has 0 bridgehead atoms. The number of rotatable bonds is 5. The predicted octanol–water partition coefficient (Wildman–Crippen LogP) is 3.00. The van der Waals surface area contributed by atoms with Gasteiger partial charge >= 0.3 is 0 Å². The van der Waals surface area contributed by atoms with E-state index in [-0.39, 0.29) is 0 Å². The zero-order valence-corrected chi connectivity index (χ0v) is 10.6. The monoisotopic (exact) mass is 242 g/mol. The van der Waals surface area contributed by atoms with Crippen molar-refractivity contribution in [1.29, 1.82) is 0 Å². The van der Waals surface area contributed by atoms with Gasteiger partial charge in [0, 0.05) is 18.3 Å². The van der Waals surface area contributed by atoms with Gasteiger partial charge in [0.05, 0.1) is 12.8 Å². The van der Waals surface area contributed by atoms with Crippen LogP contribution in [0, 0.1) is 0 Å². The van der Waals surface area contributed by atoms with Crippen molar-refractivity contribution in [3.05, 3.63) is 48.3 Å². The Balaban J connectivity index is 2.26. The van der Waals surface area contributed by atoms with Gasteiger partial charge in [0.25, 0.3) is 0 Å². The van der Waals surface area contributed by atoms with Crippen LogP contribution in [0.25, 0.3) is 11.1 Å². The maximum Gasteiger partial charge on any atom is 0.138 e. The number of nitrogens with zero attached hydrogens (tertiary/aromatic N) is 1. The summed E-state index contributed by atoms with van der Waals surface area (Å²) in [7, 11) is 0. The fraction of sp³-hybridized carbons (Fsp3) is 0.267. The molecule has 0 saturated carbocycles. The molecule has 94 valence electrons. The van der Waals surface area contributed by atoms with Crippen LogP contribution >= 0.6 is 0 Å². The van der Waals surface area contributed by atoms with Gasteiger partial charge in [-0.1, -0.05) is 25.1 Å². The lowest BCUT2D eigenvalue weighted by Crippen LogP contribution is -1.97. The summed E-state index contributed by atoms with van der Waals surface area (Å²) in [5, 5.41) is 0. The highest BCUT2D eigenvalue weighted by molar-refractivity contribution is 5.64. The smallest absolute Gasteiger partial charge is 0.138 e. The molecular formula is C15H18N2O. The lowest BCUT2D eigenvalue weighted by molar-refractivity contribution is 0.316. The van der Waals surface area contributed by atoms with Crippen LogP contribution in [-0.2, 0) is 6.54 Å². The molecule has 0 fully saturated rings. The highest BCUT2D eigenvalue weighted by Crippen LogP contribution is 2.23. The van der Waals surface area contributed by atoms with Crippen LogP contribution < -0.4 is 10.5 Å². The third-order valence-electron chi connectivity index (χ3n) is 2.68. The highest BCUT2D eigenvalue weighted by Gasteiger charge is 2.01. The summed E-state index contributed by atoms with van der Waals surface area (Å²) in [6.45, 7) is 3.35. The van der Waals surface area contributed by atoms with E-state index in [1.807, 2.05) is 24.4 Å². The topological polar surface area (TPSA) is 48.1 Å². The van der Waals surface area contributed by atoms with E-state index in [2.05, 4.69) is 24.0 Å². The molecule has 1 heterocycles. The normalized spacial score (nSPS) is 10.3. The molecule has 2 N–H and O–H groups in total. The first-order chi connectivity index (χ1) is 8.83. The first kappa shape index (κ1) is 12.6. The summed E-state index contributed by atoms with van der Waals surface area (Å²) >= 11 is 0. The Morgan fingerprint density at radius 1 is 1.17 bits per heavy atom. The van der Waals surface area contributed by atoms with Gasteiger partial charge in [-0.2, -0.15) is 0 Å². The molecule has 0 aliphatic carbocycles. The molecule has 0 amide bonds. The van der Waals surface area contributed by atoms with Gasteiger partial charge in [0.2, 0.25) is 0 Å². The minimum Gasteiger partial charge on any atom is -0.492 e. The van der Waals surface area contributed by atoms with E-state index in [0.29, 0.717) is 13.2 Å². The minimum absolute atomic E-state index is 0.549. The fourth-order valence-electron chi connectivity index (χ4n) is 1.75. The fourth-order valence-corrected chi connectivity index (χ4v) is 1.75. The second-order valence-electron chi connectivity index (χ2n) is 4.16. The standard InChI is InChI=1S/C15H18N2O/c1-2-6-18-15-8-14(10-17-11-15)13-5-3-4-12(7-13)9-16/h3-5,7-8,10-11H,2,6,9,16H2,1H3. The van der Waals surface area contributed by atoms with Gasteiger partial charge in [0.1, 0.15) is 5.75 Å². The van der Waals surface area contributed by atoms with Crippen molar-refractivity contribution in [3.8, 4) is 16.9 Å². The Labute approximate surface area is 108 Å². The van der Waals surface area contributed by atoms with E-state index < -0.39 is 0 Å². The van der Waals surface area contributed by atoms with E-state index in [1.54, 1.807) is 6.20 Å². The second kappa shape index (κ2) is 6.17. The first-order valence-corrected chi connectivity index (χ1v) is 6.20. The molecule has 0 aliphatic heterocycles. The van der Waals surface area contributed by atoms with E-state index in [1.165, 1.54) is 0 Å². The average molecular weight is 242 g/mol. The van der Waals surface area contributed by atoms with Gasteiger partial charge in [-0.3, -0.25) is 4.98 Å². The van der Waals surface area contributed by atoms with Crippen LogP contribution in [0.4, 0.5) is 0 Å². The van der Waals surface area contributed by atoms with E-state index in [0.717, 1.165) is 28.9 Å². The molecule has 18 heavy (non-hydrogen) atoms. The van der Waals surface area contributed by atoms with Crippen LogP contribution in [0.5, 0.6) is 5.75 Å². The molecule has 1 aromatic carbocycles. The summed E-state index contributed by atoms with van der Waals surface area (Å²) in [5.41, 5.74) is 8.94. The molecule has 2 aromatic rings. The number of hydrogen-bond acceptors (Lipinski definition) is 3. The lowest BCUT2D eigenvalue weighted by atomic mass is 10.0. The SMILES string of the molecule is CCCOc1cncc(-c2cccc(CN)c2)c1. The van der Waals surface area contributed by atoms with Gasteiger partial charge < -0.3 is 10.5 Å². The van der Waals surface area contributed by atoms with E-state index >= 15 is 0 Å². The number of hydrogen-bond donors (Lipinski definition) is 1. The Bertz CT molecular complexity index is 511. The summed E-state index contributed by atoms with van der Waals surface area (Å²) in [4.78, 5) is 4.21. The van der Waals surface area contributed by atoms with E-state index in [4.69, 9.17) is 10.5 Å². The van der Waals surface area contributed by atoms with Crippen molar-refractivity contribution in [2.75, 3.05) is 6.61 Å². The molecule has 2 rings (SSSR count). The molecule has 3 nitrogen and oxygen atoms in total. The largest absolute Gasteiger partial charge is 0.492 e. The van der Waals surface area contributed by atoms with Gasteiger partial charge in [-0.15, -0.1) is 0 Å². The van der Waals surface area contributed by atoms with E-state index in [9.17, 15) is 0 Å². The number of pyridine rings is 1. The molecule has 0 aliphatic rings. The summed E-state index contributed by atoms with van der Waals surface area (Å²) in [6.07, 6.45) is 4.58. The molecule has 0 unspecified atom stereocenters. The van der Waals surface area contributed by atoms with Crippen molar-refractivity contribution in [2.45, 2.75) is 19.9 Å². The lowest BCUT2D eigenvalue weighted by Gasteiger charge is -2.07. The Kier molecular flexibility index (Phi) is 4.31. The van der Waals surface area contributed by atoms with Crippen molar-refractivity contribution in [2.24, 2.45) is 5.73 Å². The molecule has 0 radical (unpaired) electrons. The molecule has 0 atom stereocenters. The molecule has 1 aromatic heterocycles. The van der Waals surface area contributed by atoms with Crippen molar-refractivity contribution >= 4 is 0 Å². The van der Waals surface area contributed by atoms with Crippen LogP contribution in [-0.4, -0.2) is 11.6 Å². The van der Waals surface area contributed by atoms with Gasteiger partial charge in [-0.05, 0) is 29.7 Å². The summed E-state index contributed by atoms with van der Waals surface area (Å²) in [5.74, 6) is 0.813. The minimum atomic E-state index is 0.549. The Hall–Kier alpha value is -1.87. The summed E-state index contributed by atoms with van der Waals surface area (Å²) < 4.78 is 5.59. The van der Waals surface area contributed by atoms with Gasteiger partial charge in [-0.25, -0.2) is 0 Å². The second-order valence-corrected chi connectivity index (χ2v) is 4.16. The number of aromatic nitrogens is 1. The molecule has 3 heteroatoms. The predicted molar refractivity (Wildman–Crippen MR) is 73.4 cm³/mol.